The monoisotopic (exact) mass is 348 g/mol. The first kappa shape index (κ1) is 15.7. The Morgan fingerprint density at radius 1 is 1.29 bits per heavy atom. The van der Waals surface area contributed by atoms with E-state index in [0.29, 0.717) is 10.7 Å². The summed E-state index contributed by atoms with van der Waals surface area (Å²) < 4.78 is 4.89. The number of rotatable bonds is 4. The van der Waals surface area contributed by atoms with Gasteiger partial charge in [0, 0.05) is 5.02 Å². The number of nitro groups is 1. The van der Waals surface area contributed by atoms with E-state index < -0.39 is 22.7 Å². The van der Waals surface area contributed by atoms with E-state index in [0.717, 1.165) is 22.2 Å². The number of amides is 3. The first-order valence-corrected chi connectivity index (χ1v) is 7.02. The number of benzene rings is 1. The highest BCUT2D eigenvalue weighted by Crippen LogP contribution is 2.24. The van der Waals surface area contributed by atoms with Crippen molar-refractivity contribution in [2.45, 2.75) is 0 Å². The van der Waals surface area contributed by atoms with Gasteiger partial charge in [0.05, 0.1) is 18.0 Å². The Kier molecular flexibility index (Phi) is 4.00. The van der Waals surface area contributed by atoms with Crippen LogP contribution in [0.1, 0.15) is 5.76 Å². The van der Waals surface area contributed by atoms with Gasteiger partial charge in [0.2, 0.25) is 0 Å². The van der Waals surface area contributed by atoms with Gasteiger partial charge in [0.15, 0.2) is 5.76 Å². The van der Waals surface area contributed by atoms with Crippen molar-refractivity contribution in [3.63, 3.8) is 0 Å². The molecule has 0 N–H and O–H groups in total. The molecule has 0 atom stereocenters. The second kappa shape index (κ2) is 6.13. The molecule has 9 nitrogen and oxygen atoms in total. The number of carbonyl (C=O) groups is 2. The third-order valence-corrected chi connectivity index (χ3v) is 3.36. The van der Waals surface area contributed by atoms with E-state index in [1.165, 1.54) is 12.1 Å². The number of furan rings is 1. The molecule has 1 aromatic carbocycles. The molecule has 2 aromatic rings. The van der Waals surface area contributed by atoms with Crippen molar-refractivity contribution in [3.8, 4) is 0 Å². The molecule has 3 amide bonds. The highest BCUT2D eigenvalue weighted by molar-refractivity contribution is 6.31. The molecule has 122 valence electrons. The molecular formula is C14H9ClN4O5. The largest absolute Gasteiger partial charge is 0.433 e. The molecule has 10 heteroatoms. The van der Waals surface area contributed by atoms with E-state index in [1.54, 1.807) is 18.2 Å². The van der Waals surface area contributed by atoms with E-state index in [4.69, 9.17) is 16.0 Å². The predicted molar refractivity (Wildman–Crippen MR) is 84.0 cm³/mol. The lowest BCUT2D eigenvalue weighted by molar-refractivity contribution is -0.402. The molecule has 1 aliphatic heterocycles. The topological polar surface area (TPSA) is 109 Å². The molecule has 0 radical (unpaired) electrons. The molecule has 1 aliphatic rings. The van der Waals surface area contributed by atoms with Gasteiger partial charge in [-0.25, -0.2) is 14.7 Å². The van der Waals surface area contributed by atoms with Crippen LogP contribution < -0.4 is 4.90 Å². The predicted octanol–water partition coefficient (Wildman–Crippen LogP) is 2.64. The van der Waals surface area contributed by atoms with Crippen LogP contribution in [-0.4, -0.2) is 34.6 Å². The SMILES string of the molecule is O=C1CN(/N=C/c2ccc([N+](=O)[O-])o2)C(=O)N1c1cccc(Cl)c1. The molecule has 1 fully saturated rings. The van der Waals surface area contributed by atoms with Gasteiger partial charge >= 0.3 is 11.9 Å². The number of urea groups is 1. The Labute approximate surface area is 139 Å². The number of hydrogen-bond donors (Lipinski definition) is 0. The maximum atomic E-state index is 12.3. The van der Waals surface area contributed by atoms with Crippen LogP contribution in [0.4, 0.5) is 16.4 Å². The van der Waals surface area contributed by atoms with E-state index in [9.17, 15) is 19.7 Å². The molecule has 0 saturated carbocycles. The van der Waals surface area contributed by atoms with Gasteiger partial charge in [-0.1, -0.05) is 17.7 Å². The van der Waals surface area contributed by atoms with E-state index in [1.807, 2.05) is 0 Å². The van der Waals surface area contributed by atoms with Crippen LogP contribution in [0.2, 0.25) is 5.02 Å². The third-order valence-electron chi connectivity index (χ3n) is 3.13. The van der Waals surface area contributed by atoms with Crippen molar-refractivity contribution in [3.05, 3.63) is 57.3 Å². The maximum Gasteiger partial charge on any atom is 0.433 e. The van der Waals surface area contributed by atoms with Crippen LogP contribution in [-0.2, 0) is 4.79 Å². The second-order valence-corrected chi connectivity index (χ2v) is 5.16. The Morgan fingerprint density at radius 3 is 2.75 bits per heavy atom. The van der Waals surface area contributed by atoms with Crippen molar-refractivity contribution < 1.29 is 18.9 Å². The number of hydrogen-bond acceptors (Lipinski definition) is 6. The Bertz CT molecular complexity index is 862. The summed E-state index contributed by atoms with van der Waals surface area (Å²) in [5.41, 5.74) is 0.337. The van der Waals surface area contributed by atoms with Crippen molar-refractivity contribution in [1.82, 2.24) is 5.01 Å². The normalized spacial score (nSPS) is 14.9. The Morgan fingerprint density at radius 2 is 2.08 bits per heavy atom. The number of carbonyl (C=O) groups excluding carboxylic acids is 2. The zero-order chi connectivity index (χ0) is 17.3. The summed E-state index contributed by atoms with van der Waals surface area (Å²) in [7, 11) is 0. The molecular weight excluding hydrogens is 340 g/mol. The smallest absolute Gasteiger partial charge is 0.400 e. The Balaban J connectivity index is 1.78. The number of hydrazone groups is 1. The van der Waals surface area contributed by atoms with Gasteiger partial charge in [-0.2, -0.15) is 5.10 Å². The molecule has 1 aromatic heterocycles. The average molecular weight is 349 g/mol. The summed E-state index contributed by atoms with van der Waals surface area (Å²) >= 11 is 5.86. The number of anilines is 1. The van der Waals surface area contributed by atoms with E-state index >= 15 is 0 Å². The number of nitrogens with zero attached hydrogens (tertiary/aromatic N) is 4. The van der Waals surface area contributed by atoms with Gasteiger partial charge in [0.1, 0.15) is 11.5 Å². The highest BCUT2D eigenvalue weighted by atomic mass is 35.5. The molecule has 0 aliphatic carbocycles. The van der Waals surface area contributed by atoms with Crippen LogP contribution in [0.15, 0.2) is 45.9 Å². The lowest BCUT2D eigenvalue weighted by Crippen LogP contribution is -2.31. The minimum Gasteiger partial charge on any atom is -0.400 e. The molecule has 3 rings (SSSR count). The van der Waals surface area contributed by atoms with E-state index in [2.05, 4.69) is 5.10 Å². The van der Waals surface area contributed by atoms with Gasteiger partial charge < -0.3 is 4.42 Å². The summed E-state index contributed by atoms with van der Waals surface area (Å²) in [5.74, 6) is -0.825. The van der Waals surface area contributed by atoms with E-state index in [-0.39, 0.29) is 12.3 Å². The average Bonchev–Trinajstić information content (AvgIpc) is 3.10. The quantitative estimate of drug-likeness (QED) is 0.365. The standard InChI is InChI=1S/C14H9ClN4O5/c15-9-2-1-3-10(6-9)18-12(20)8-17(14(18)21)16-7-11-4-5-13(24-11)19(22)23/h1-7H,8H2/b16-7+. The lowest BCUT2D eigenvalue weighted by Gasteiger charge is -2.13. The molecule has 2 heterocycles. The third kappa shape index (κ3) is 2.97. The van der Waals surface area contributed by atoms with Crippen molar-refractivity contribution in [1.29, 1.82) is 0 Å². The van der Waals surface area contributed by atoms with Crippen LogP contribution in [0.25, 0.3) is 0 Å². The second-order valence-electron chi connectivity index (χ2n) is 4.73. The Hall–Kier alpha value is -3.20. The number of imide groups is 1. The fourth-order valence-electron chi connectivity index (χ4n) is 2.08. The van der Waals surface area contributed by atoms with Crippen molar-refractivity contribution in [2.24, 2.45) is 5.10 Å². The van der Waals surface area contributed by atoms with Gasteiger partial charge in [0.25, 0.3) is 5.91 Å². The summed E-state index contributed by atoms with van der Waals surface area (Å²) in [5, 5.41) is 15.7. The van der Waals surface area contributed by atoms with Gasteiger partial charge in [-0.15, -0.1) is 0 Å². The van der Waals surface area contributed by atoms with Crippen LogP contribution >= 0.6 is 11.6 Å². The molecule has 0 unspecified atom stereocenters. The minimum atomic E-state index is -0.692. The molecule has 1 saturated heterocycles. The first-order valence-electron chi connectivity index (χ1n) is 6.64. The zero-order valence-corrected chi connectivity index (χ0v) is 12.7. The number of halogens is 1. The van der Waals surface area contributed by atoms with Gasteiger partial charge in [-0.05, 0) is 24.3 Å². The molecule has 0 bridgehead atoms. The zero-order valence-electron chi connectivity index (χ0n) is 12.0. The van der Waals surface area contributed by atoms with Crippen LogP contribution in [0.3, 0.4) is 0 Å². The fourth-order valence-corrected chi connectivity index (χ4v) is 2.27. The summed E-state index contributed by atoms with van der Waals surface area (Å²) in [4.78, 5) is 35.1. The minimum absolute atomic E-state index is 0.0863. The van der Waals surface area contributed by atoms with Crippen molar-refractivity contribution in [2.75, 3.05) is 11.4 Å². The van der Waals surface area contributed by atoms with Gasteiger partial charge in [-0.3, -0.25) is 14.9 Å². The maximum absolute atomic E-state index is 12.3. The molecule has 0 spiro atoms. The highest BCUT2D eigenvalue weighted by Gasteiger charge is 2.37. The fraction of sp³-hybridized carbons (Fsp3) is 0.0714. The summed E-state index contributed by atoms with van der Waals surface area (Å²) in [6.07, 6.45) is 1.12. The summed E-state index contributed by atoms with van der Waals surface area (Å²) in [6.45, 7) is -0.259. The molecule has 24 heavy (non-hydrogen) atoms. The lowest BCUT2D eigenvalue weighted by atomic mass is 10.3. The van der Waals surface area contributed by atoms with Crippen molar-refractivity contribution >= 4 is 41.3 Å². The van der Waals surface area contributed by atoms with Crippen LogP contribution in [0, 0.1) is 10.1 Å². The summed E-state index contributed by atoms with van der Waals surface area (Å²) in [6, 6.07) is 8.14. The van der Waals surface area contributed by atoms with Crippen LogP contribution in [0.5, 0.6) is 0 Å². The first-order chi connectivity index (χ1) is 11.5.